The molecule has 1 fully saturated rings. The van der Waals surface area contributed by atoms with E-state index in [1.807, 2.05) is 29.0 Å². The zero-order valence-corrected chi connectivity index (χ0v) is 17.8. The quantitative estimate of drug-likeness (QED) is 0.451. The molecule has 2 aromatic carbocycles. The van der Waals surface area contributed by atoms with Crippen LogP contribution in [0.1, 0.15) is 54.6 Å². The van der Waals surface area contributed by atoms with Gasteiger partial charge in [-0.3, -0.25) is 0 Å². The largest absolute Gasteiger partial charge is 0.485 e. The number of aryl methyl sites for hydroxylation is 1. The number of nitrogens with zero attached hydrogens (tertiary/aromatic N) is 4. The number of rotatable bonds is 3. The van der Waals surface area contributed by atoms with Gasteiger partial charge in [0.25, 0.3) is 0 Å². The molecule has 31 heavy (non-hydrogen) atoms. The van der Waals surface area contributed by atoms with Gasteiger partial charge in [-0.15, -0.1) is 5.10 Å². The van der Waals surface area contributed by atoms with Gasteiger partial charge in [-0.2, -0.15) is 0 Å². The predicted molar refractivity (Wildman–Crippen MR) is 120 cm³/mol. The van der Waals surface area contributed by atoms with Crippen LogP contribution in [0.3, 0.4) is 0 Å². The summed E-state index contributed by atoms with van der Waals surface area (Å²) in [7, 11) is 0. The molecule has 0 atom stereocenters. The highest BCUT2D eigenvalue weighted by Crippen LogP contribution is 2.50. The van der Waals surface area contributed by atoms with E-state index in [1.54, 1.807) is 0 Å². The van der Waals surface area contributed by atoms with Gasteiger partial charge in [-0.05, 0) is 43.4 Å². The summed E-state index contributed by atoms with van der Waals surface area (Å²) in [6.07, 6.45) is 9.11. The molecule has 5 heteroatoms. The monoisotopic (exact) mass is 410 g/mol. The van der Waals surface area contributed by atoms with Crippen LogP contribution in [-0.2, 0) is 18.4 Å². The number of benzene rings is 2. The van der Waals surface area contributed by atoms with Gasteiger partial charge < -0.3 is 4.74 Å². The SMILES string of the molecule is Cc1ccccc1OCc1nc2c3c(ncn2n1)-c1ccccc1CC31CCCCC1. The number of hydrogen-bond acceptors (Lipinski definition) is 4. The molecule has 0 unspecified atom stereocenters. The maximum atomic E-state index is 6.03. The zero-order chi connectivity index (χ0) is 20.8. The van der Waals surface area contributed by atoms with Crippen LogP contribution in [-0.4, -0.2) is 19.6 Å². The molecule has 0 aliphatic heterocycles. The highest BCUT2D eigenvalue weighted by molar-refractivity contribution is 5.77. The molecule has 0 saturated heterocycles. The Hall–Kier alpha value is -3.21. The van der Waals surface area contributed by atoms with Gasteiger partial charge in [0.15, 0.2) is 11.5 Å². The predicted octanol–water partition coefficient (Wildman–Crippen LogP) is 5.44. The first-order valence-corrected chi connectivity index (χ1v) is 11.2. The second-order valence-corrected chi connectivity index (χ2v) is 8.99. The fraction of sp³-hybridized carbons (Fsp3) is 0.346. The number of ether oxygens (including phenoxy) is 1. The molecule has 2 aliphatic carbocycles. The molecule has 1 saturated carbocycles. The highest BCUT2D eigenvalue weighted by Gasteiger charge is 2.42. The van der Waals surface area contributed by atoms with Crippen LogP contribution < -0.4 is 4.74 Å². The molecule has 2 heterocycles. The molecule has 2 aliphatic rings. The molecule has 5 nitrogen and oxygen atoms in total. The van der Waals surface area contributed by atoms with E-state index < -0.39 is 0 Å². The third-order valence-electron chi connectivity index (χ3n) is 7.02. The van der Waals surface area contributed by atoms with Crippen LogP contribution in [0, 0.1) is 6.92 Å². The molecular weight excluding hydrogens is 384 g/mol. The van der Waals surface area contributed by atoms with Crippen molar-refractivity contribution in [2.24, 2.45) is 0 Å². The van der Waals surface area contributed by atoms with Crippen molar-refractivity contribution in [1.29, 1.82) is 0 Å². The Morgan fingerprint density at radius 3 is 2.68 bits per heavy atom. The summed E-state index contributed by atoms with van der Waals surface area (Å²) in [5, 5.41) is 4.72. The lowest BCUT2D eigenvalue weighted by atomic mass is 9.62. The van der Waals surface area contributed by atoms with Crippen molar-refractivity contribution in [2.45, 2.75) is 57.5 Å². The van der Waals surface area contributed by atoms with Crippen LogP contribution >= 0.6 is 0 Å². The highest BCUT2D eigenvalue weighted by atomic mass is 16.5. The van der Waals surface area contributed by atoms with Crippen molar-refractivity contribution in [3.05, 3.63) is 77.4 Å². The average molecular weight is 411 g/mol. The van der Waals surface area contributed by atoms with Gasteiger partial charge in [0.05, 0.1) is 5.69 Å². The maximum absolute atomic E-state index is 6.03. The number of hydrogen-bond donors (Lipinski definition) is 0. The summed E-state index contributed by atoms with van der Waals surface area (Å²) in [5.74, 6) is 1.57. The smallest absolute Gasteiger partial charge is 0.189 e. The van der Waals surface area contributed by atoms with Gasteiger partial charge in [0.1, 0.15) is 18.7 Å². The molecule has 1 spiro atoms. The van der Waals surface area contributed by atoms with Crippen molar-refractivity contribution in [1.82, 2.24) is 19.6 Å². The number of fused-ring (bicyclic) bond motifs is 6. The molecular formula is C26H26N4O. The normalized spacial score (nSPS) is 16.8. The van der Waals surface area contributed by atoms with Crippen molar-refractivity contribution in [3.8, 4) is 17.0 Å². The van der Waals surface area contributed by atoms with Crippen molar-refractivity contribution < 1.29 is 4.74 Å². The van der Waals surface area contributed by atoms with Crippen LogP contribution in [0.2, 0.25) is 0 Å². The van der Waals surface area contributed by atoms with E-state index in [4.69, 9.17) is 19.8 Å². The molecule has 6 rings (SSSR count). The van der Waals surface area contributed by atoms with Crippen molar-refractivity contribution >= 4 is 5.65 Å². The van der Waals surface area contributed by atoms with Crippen LogP contribution in [0.4, 0.5) is 0 Å². The Labute approximate surface area is 182 Å². The summed E-state index contributed by atoms with van der Waals surface area (Å²) < 4.78 is 7.89. The maximum Gasteiger partial charge on any atom is 0.189 e. The molecule has 0 amide bonds. The molecule has 2 aromatic heterocycles. The minimum atomic E-state index is 0.110. The Morgan fingerprint density at radius 2 is 1.81 bits per heavy atom. The summed E-state index contributed by atoms with van der Waals surface area (Å²) in [4.78, 5) is 9.88. The first kappa shape index (κ1) is 18.6. The molecule has 0 N–H and O–H groups in total. The fourth-order valence-corrected chi connectivity index (χ4v) is 5.53. The number of para-hydroxylation sites is 1. The first-order valence-electron chi connectivity index (χ1n) is 11.2. The Bertz CT molecular complexity index is 1270. The van der Waals surface area contributed by atoms with Crippen LogP contribution in [0.15, 0.2) is 54.9 Å². The molecule has 4 aromatic rings. The third-order valence-corrected chi connectivity index (χ3v) is 7.02. The summed E-state index contributed by atoms with van der Waals surface area (Å²) in [6, 6.07) is 16.8. The van der Waals surface area contributed by atoms with Gasteiger partial charge in [-0.25, -0.2) is 14.5 Å². The van der Waals surface area contributed by atoms with E-state index in [9.17, 15) is 0 Å². The lowest BCUT2D eigenvalue weighted by molar-refractivity contribution is 0.288. The Kier molecular flexibility index (Phi) is 4.30. The Morgan fingerprint density at radius 1 is 1.00 bits per heavy atom. The van der Waals surface area contributed by atoms with E-state index in [0.29, 0.717) is 12.4 Å². The summed E-state index contributed by atoms with van der Waals surface area (Å²) in [5.41, 5.74) is 7.22. The van der Waals surface area contributed by atoms with Gasteiger partial charge in [0, 0.05) is 16.5 Å². The second kappa shape index (κ2) is 7.19. The van der Waals surface area contributed by atoms with E-state index in [1.165, 1.54) is 48.8 Å². The molecule has 156 valence electrons. The van der Waals surface area contributed by atoms with Gasteiger partial charge in [0.2, 0.25) is 0 Å². The lowest BCUT2D eigenvalue weighted by Crippen LogP contribution is -2.36. The number of aromatic nitrogens is 4. The second-order valence-electron chi connectivity index (χ2n) is 8.99. The fourth-order valence-electron chi connectivity index (χ4n) is 5.53. The van der Waals surface area contributed by atoms with Crippen molar-refractivity contribution in [2.75, 3.05) is 0 Å². The molecule has 0 bridgehead atoms. The van der Waals surface area contributed by atoms with Crippen LogP contribution in [0.5, 0.6) is 5.75 Å². The topological polar surface area (TPSA) is 52.3 Å². The minimum Gasteiger partial charge on any atom is -0.485 e. The zero-order valence-electron chi connectivity index (χ0n) is 17.8. The first-order chi connectivity index (χ1) is 15.2. The standard InChI is InChI=1S/C26H26N4O/c1-18-9-3-6-12-21(18)31-16-22-28-25-23-24(27-17-30(25)29-22)20-11-5-4-10-19(20)15-26(23)13-7-2-8-14-26/h3-6,9-12,17H,2,7-8,13-16H2,1H3. The third kappa shape index (κ3) is 3.02. The van der Waals surface area contributed by atoms with E-state index >= 15 is 0 Å². The summed E-state index contributed by atoms with van der Waals surface area (Å²) >= 11 is 0. The Balaban J connectivity index is 1.46. The van der Waals surface area contributed by atoms with Crippen LogP contribution in [0.25, 0.3) is 16.9 Å². The van der Waals surface area contributed by atoms with Gasteiger partial charge >= 0.3 is 0 Å². The van der Waals surface area contributed by atoms with E-state index in [0.717, 1.165) is 29.1 Å². The van der Waals surface area contributed by atoms with Crippen molar-refractivity contribution in [3.63, 3.8) is 0 Å². The van der Waals surface area contributed by atoms with E-state index in [-0.39, 0.29) is 5.41 Å². The lowest BCUT2D eigenvalue weighted by Gasteiger charge is -2.42. The molecule has 0 radical (unpaired) electrons. The minimum absolute atomic E-state index is 0.110. The van der Waals surface area contributed by atoms with Gasteiger partial charge in [-0.1, -0.05) is 61.7 Å². The summed E-state index contributed by atoms with van der Waals surface area (Å²) in [6.45, 7) is 2.40. The average Bonchev–Trinajstić information content (AvgIpc) is 3.22. The van der Waals surface area contributed by atoms with E-state index in [2.05, 4.69) is 37.3 Å².